The van der Waals surface area contributed by atoms with Crippen molar-refractivity contribution in [1.82, 2.24) is 0 Å². The van der Waals surface area contributed by atoms with Crippen LogP contribution in [0.3, 0.4) is 0 Å². The maximum Gasteiger partial charge on any atom is 0.308 e. The number of allylic oxidation sites excluding steroid dienone is 1. The van der Waals surface area contributed by atoms with Gasteiger partial charge in [0.1, 0.15) is 11.4 Å². The van der Waals surface area contributed by atoms with Gasteiger partial charge in [0.2, 0.25) is 8.32 Å². The number of ketones is 2. The number of hydrogen-bond acceptors (Lipinski definition) is 6. The standard InChI is InChI=1S/C32H44O6Si/c1-9-20(5)16-17-31-18-19-32(36-8,21(6)30(31)38-39(10-2,11-3)12-4)27-26(31)29(35)25-23(28(27)34)14-13-15-24(25)37-22(7)33/h13-15,20H,9-12,16-19H2,1-8H3/t20-,31-,32+/m0/s1. The molecule has 39 heavy (non-hydrogen) atoms. The molecule has 6 nitrogen and oxygen atoms in total. The van der Waals surface area contributed by atoms with Crippen LogP contribution in [-0.4, -0.2) is 38.6 Å². The number of carbonyl (C=O) groups is 3. The first kappa shape index (κ1) is 29.5. The molecule has 0 spiro atoms. The van der Waals surface area contributed by atoms with Gasteiger partial charge < -0.3 is 13.9 Å². The molecule has 4 aliphatic carbocycles. The van der Waals surface area contributed by atoms with E-state index in [2.05, 4.69) is 34.6 Å². The number of methoxy groups -OCH3 is 1. The van der Waals surface area contributed by atoms with E-state index in [4.69, 9.17) is 13.9 Å². The second kappa shape index (κ2) is 10.8. The monoisotopic (exact) mass is 552 g/mol. The lowest BCUT2D eigenvalue weighted by Gasteiger charge is -2.57. The fourth-order valence-corrected chi connectivity index (χ4v) is 9.80. The third kappa shape index (κ3) is 4.36. The molecule has 3 atom stereocenters. The van der Waals surface area contributed by atoms with Crippen LogP contribution in [0.5, 0.6) is 5.75 Å². The summed E-state index contributed by atoms with van der Waals surface area (Å²) in [5, 5.41) is 0. The van der Waals surface area contributed by atoms with Crippen LogP contribution in [-0.2, 0) is 14.0 Å². The molecule has 212 valence electrons. The summed E-state index contributed by atoms with van der Waals surface area (Å²) < 4.78 is 19.0. The largest absolute Gasteiger partial charge is 0.546 e. The normalized spacial score (nSPS) is 25.0. The highest BCUT2D eigenvalue weighted by Crippen LogP contribution is 2.64. The minimum atomic E-state index is -2.14. The Labute approximate surface area is 234 Å². The molecule has 0 heterocycles. The van der Waals surface area contributed by atoms with E-state index in [1.165, 1.54) is 6.92 Å². The van der Waals surface area contributed by atoms with Crippen LogP contribution in [0.2, 0.25) is 18.1 Å². The van der Waals surface area contributed by atoms with Gasteiger partial charge in [0.15, 0.2) is 11.6 Å². The zero-order valence-corrected chi connectivity index (χ0v) is 25.9. The number of Topliss-reactive ketones (excluding diaryl/α,β-unsaturated/α-hetero) is 2. The Hall–Kier alpha value is -2.51. The summed E-state index contributed by atoms with van der Waals surface area (Å²) in [5.74, 6) is 0.475. The third-order valence-corrected chi connectivity index (χ3v) is 14.5. The van der Waals surface area contributed by atoms with Crippen LogP contribution < -0.4 is 4.74 Å². The molecule has 0 unspecified atom stereocenters. The van der Waals surface area contributed by atoms with Gasteiger partial charge in [-0.05, 0) is 62.7 Å². The van der Waals surface area contributed by atoms with E-state index in [-0.39, 0.29) is 28.4 Å². The molecule has 0 amide bonds. The van der Waals surface area contributed by atoms with Gasteiger partial charge in [-0.3, -0.25) is 14.4 Å². The third-order valence-electron chi connectivity index (χ3n) is 9.98. The highest BCUT2D eigenvalue weighted by atomic mass is 28.4. The van der Waals surface area contributed by atoms with Crippen LogP contribution >= 0.6 is 0 Å². The lowest BCUT2D eigenvalue weighted by molar-refractivity contribution is -0.131. The number of ether oxygens (including phenoxy) is 2. The average molecular weight is 553 g/mol. The number of esters is 1. The van der Waals surface area contributed by atoms with Gasteiger partial charge in [0.05, 0.1) is 16.7 Å². The van der Waals surface area contributed by atoms with Crippen molar-refractivity contribution >= 4 is 25.9 Å². The smallest absolute Gasteiger partial charge is 0.308 e. The molecule has 0 N–H and O–H groups in total. The molecule has 1 aromatic rings. The van der Waals surface area contributed by atoms with Crippen molar-refractivity contribution in [1.29, 1.82) is 0 Å². The molecule has 0 aromatic heterocycles. The topological polar surface area (TPSA) is 78.9 Å². The Balaban J connectivity index is 2.02. The quantitative estimate of drug-likeness (QED) is 0.160. The van der Waals surface area contributed by atoms with E-state index in [1.54, 1.807) is 25.3 Å². The molecule has 0 saturated carbocycles. The first-order valence-corrected chi connectivity index (χ1v) is 17.2. The molecule has 0 saturated heterocycles. The molecule has 7 heteroatoms. The Bertz CT molecular complexity index is 1250. The van der Waals surface area contributed by atoms with Gasteiger partial charge in [-0.15, -0.1) is 0 Å². The first-order chi connectivity index (χ1) is 18.5. The van der Waals surface area contributed by atoms with E-state index in [0.717, 1.165) is 48.7 Å². The molecule has 1 aromatic carbocycles. The lowest BCUT2D eigenvalue weighted by atomic mass is 9.51. The van der Waals surface area contributed by atoms with Crippen LogP contribution in [0.25, 0.3) is 0 Å². The highest BCUT2D eigenvalue weighted by Gasteiger charge is 2.64. The van der Waals surface area contributed by atoms with Crippen molar-refractivity contribution in [2.45, 2.75) is 104 Å². The maximum atomic E-state index is 14.7. The van der Waals surface area contributed by atoms with Crippen molar-refractivity contribution in [3.8, 4) is 5.75 Å². The number of carbonyl (C=O) groups excluding carboxylic acids is 3. The Morgan fingerprint density at radius 3 is 2.26 bits per heavy atom. The minimum absolute atomic E-state index is 0.137. The summed E-state index contributed by atoms with van der Waals surface area (Å²) in [6.45, 7) is 14.4. The zero-order chi connectivity index (χ0) is 28.8. The summed E-state index contributed by atoms with van der Waals surface area (Å²) >= 11 is 0. The molecule has 0 aliphatic heterocycles. The Morgan fingerprint density at radius 1 is 1.03 bits per heavy atom. The number of hydrogen-bond donors (Lipinski definition) is 0. The predicted octanol–water partition coefficient (Wildman–Crippen LogP) is 7.59. The van der Waals surface area contributed by atoms with Gasteiger partial charge in [0, 0.05) is 36.3 Å². The van der Waals surface area contributed by atoms with E-state index in [1.807, 2.05) is 6.92 Å². The summed E-state index contributed by atoms with van der Waals surface area (Å²) in [7, 11) is -0.508. The summed E-state index contributed by atoms with van der Waals surface area (Å²) in [6.07, 6.45) is 3.96. The first-order valence-electron chi connectivity index (χ1n) is 14.6. The van der Waals surface area contributed by atoms with Crippen molar-refractivity contribution in [2.75, 3.05) is 7.11 Å². The van der Waals surface area contributed by atoms with Crippen LogP contribution in [0.4, 0.5) is 0 Å². The molecular weight excluding hydrogens is 508 g/mol. The molecule has 4 aliphatic rings. The minimum Gasteiger partial charge on any atom is -0.546 e. The van der Waals surface area contributed by atoms with E-state index in [0.29, 0.717) is 29.9 Å². The summed E-state index contributed by atoms with van der Waals surface area (Å²) in [5.41, 5.74) is 0.622. The number of fused-ring (bicyclic) bond motifs is 2. The summed E-state index contributed by atoms with van der Waals surface area (Å²) in [4.78, 5) is 41.0. The van der Waals surface area contributed by atoms with Gasteiger partial charge in [-0.25, -0.2) is 0 Å². The van der Waals surface area contributed by atoms with Crippen LogP contribution in [0, 0.1) is 11.3 Å². The van der Waals surface area contributed by atoms with Crippen molar-refractivity contribution in [3.63, 3.8) is 0 Å². The van der Waals surface area contributed by atoms with Gasteiger partial charge >= 0.3 is 5.97 Å². The molecule has 2 bridgehead atoms. The molecule has 0 radical (unpaired) electrons. The van der Waals surface area contributed by atoms with Crippen molar-refractivity contribution in [3.05, 3.63) is 51.8 Å². The van der Waals surface area contributed by atoms with Crippen molar-refractivity contribution in [2.24, 2.45) is 11.3 Å². The van der Waals surface area contributed by atoms with Crippen molar-refractivity contribution < 1.29 is 28.3 Å². The van der Waals surface area contributed by atoms with Crippen LogP contribution in [0.15, 0.2) is 40.7 Å². The maximum absolute atomic E-state index is 14.7. The Kier molecular flexibility index (Phi) is 8.17. The van der Waals surface area contributed by atoms with Gasteiger partial charge in [-0.1, -0.05) is 53.2 Å². The average Bonchev–Trinajstić information content (AvgIpc) is 2.94. The zero-order valence-electron chi connectivity index (χ0n) is 24.9. The van der Waals surface area contributed by atoms with Gasteiger partial charge in [-0.2, -0.15) is 0 Å². The molecule has 5 rings (SSSR count). The SMILES string of the molecule is CC[C@H](C)CC[C@@]12CC[C@@](OC)(C(C)=C1O[Si](CC)(CC)CC)C1=C2C(=O)c2c(OC(C)=O)cccc2C1=O. The van der Waals surface area contributed by atoms with E-state index < -0.39 is 25.3 Å². The number of benzene rings is 1. The second-order valence-electron chi connectivity index (χ2n) is 11.6. The number of rotatable bonds is 11. The molecular formula is C32H44O6Si. The highest BCUT2D eigenvalue weighted by molar-refractivity contribution is 6.73. The predicted molar refractivity (Wildman–Crippen MR) is 155 cm³/mol. The van der Waals surface area contributed by atoms with Crippen LogP contribution in [0.1, 0.15) is 101 Å². The molecule has 0 fully saturated rings. The van der Waals surface area contributed by atoms with E-state index >= 15 is 0 Å². The lowest BCUT2D eigenvalue weighted by Crippen LogP contribution is -2.57. The Morgan fingerprint density at radius 2 is 1.69 bits per heavy atom. The fourth-order valence-electron chi connectivity index (χ4n) is 7.08. The summed E-state index contributed by atoms with van der Waals surface area (Å²) in [6, 6.07) is 7.82. The fraction of sp³-hybridized carbons (Fsp3) is 0.594. The van der Waals surface area contributed by atoms with E-state index in [9.17, 15) is 14.4 Å². The second-order valence-corrected chi connectivity index (χ2v) is 16.3. The van der Waals surface area contributed by atoms with Gasteiger partial charge in [0.25, 0.3) is 0 Å².